The highest BCUT2D eigenvalue weighted by atomic mass is 32.3. The van der Waals surface area contributed by atoms with E-state index in [1.165, 1.54) is 35.3 Å². The summed E-state index contributed by atoms with van der Waals surface area (Å²) in [5, 5.41) is 32.0. The number of carbonyl (C=O) groups is 4. The van der Waals surface area contributed by atoms with Crippen molar-refractivity contribution in [3.8, 4) is 0 Å². The van der Waals surface area contributed by atoms with Gasteiger partial charge >= 0.3 is 11.9 Å². The van der Waals surface area contributed by atoms with Gasteiger partial charge in [0.05, 0.1) is 4.24 Å². The third-order valence-corrected chi connectivity index (χ3v) is 9.98. The molecule has 4 rings (SSSR count). The molecular formula is C16H16N6O7S4. The number of thioether (sulfide) groups is 4. The van der Waals surface area contributed by atoms with Crippen LogP contribution in [0.2, 0.25) is 0 Å². The summed E-state index contributed by atoms with van der Waals surface area (Å²) in [5.41, 5.74) is -1.33. The zero-order valence-corrected chi connectivity index (χ0v) is 20.2. The van der Waals surface area contributed by atoms with Gasteiger partial charge in [-0.25, -0.2) is 14.3 Å². The number of fused-ring (bicyclic) bond motifs is 1. The lowest BCUT2D eigenvalue weighted by molar-refractivity contribution is -0.192. The molecule has 1 unspecified atom stereocenters. The molecule has 4 heterocycles. The standard InChI is InChI=1S/C16H16N6O7S4/c1-21-15(18-19-20-21)31-5-6-4-30-14-16(29-2,13(28)22(14)9(6)11(26)27)17-10(25)12-32-8(33-12)3-7(23)24/h3,12,14H,4-5H2,1-2H3,(H,17,25)(H,23,24)(H,26,27)/t12?,14?,16-/m0/s1. The van der Waals surface area contributed by atoms with Crippen molar-refractivity contribution in [2.45, 2.75) is 20.8 Å². The number of carbonyl (C=O) groups excluding carboxylic acids is 2. The normalized spacial score (nSPS) is 26.3. The second-order valence-electron chi connectivity index (χ2n) is 6.77. The molecule has 3 N–H and O–H groups in total. The van der Waals surface area contributed by atoms with Crippen molar-refractivity contribution in [3.05, 3.63) is 21.6 Å². The average molecular weight is 533 g/mol. The first kappa shape index (κ1) is 23.9. The fraction of sp³-hybridized carbons (Fsp3) is 0.438. The summed E-state index contributed by atoms with van der Waals surface area (Å²) in [4.78, 5) is 49.6. The van der Waals surface area contributed by atoms with E-state index < -0.39 is 39.4 Å². The van der Waals surface area contributed by atoms with Gasteiger partial charge in [0.25, 0.3) is 11.6 Å². The van der Waals surface area contributed by atoms with Crippen molar-refractivity contribution in [3.63, 3.8) is 0 Å². The second-order valence-corrected chi connectivity index (χ2v) is 11.6. The predicted molar refractivity (Wildman–Crippen MR) is 120 cm³/mol. The smallest absolute Gasteiger partial charge is 0.352 e. The molecule has 1 aromatic heterocycles. The van der Waals surface area contributed by atoms with E-state index >= 15 is 0 Å². The van der Waals surface area contributed by atoms with Gasteiger partial charge in [0.1, 0.15) is 15.7 Å². The Hall–Kier alpha value is -2.21. The molecule has 0 radical (unpaired) electrons. The quantitative estimate of drug-likeness (QED) is 0.173. The molecule has 3 aliphatic rings. The summed E-state index contributed by atoms with van der Waals surface area (Å²) in [6.45, 7) is 0. The van der Waals surface area contributed by atoms with E-state index in [9.17, 15) is 24.3 Å². The Morgan fingerprint density at radius 3 is 2.67 bits per heavy atom. The van der Waals surface area contributed by atoms with Gasteiger partial charge in [-0.15, -0.1) is 16.9 Å². The first-order chi connectivity index (χ1) is 15.7. The molecular weight excluding hydrogens is 516 g/mol. The first-order valence-electron chi connectivity index (χ1n) is 9.08. The van der Waals surface area contributed by atoms with Crippen LogP contribution >= 0.6 is 47.0 Å². The van der Waals surface area contributed by atoms with E-state index in [0.29, 0.717) is 20.7 Å². The summed E-state index contributed by atoms with van der Waals surface area (Å²) in [6.07, 6.45) is 0.999. The summed E-state index contributed by atoms with van der Waals surface area (Å²) in [7, 11) is 2.93. The number of hydrogen-bond donors (Lipinski definition) is 3. The number of aliphatic carboxylic acids is 2. The highest BCUT2D eigenvalue weighted by Gasteiger charge is 2.67. The van der Waals surface area contributed by atoms with Crippen molar-refractivity contribution in [1.82, 2.24) is 30.4 Å². The van der Waals surface area contributed by atoms with Gasteiger partial charge in [0, 0.05) is 31.7 Å². The molecule has 3 aliphatic heterocycles. The van der Waals surface area contributed by atoms with Gasteiger partial charge in [-0.05, 0) is 16.0 Å². The summed E-state index contributed by atoms with van der Waals surface area (Å²) in [5.74, 6) is -3.01. The number of carboxylic acid groups (broad SMARTS) is 2. The Labute approximate surface area is 203 Å². The van der Waals surface area contributed by atoms with Crippen molar-refractivity contribution in [2.75, 3.05) is 18.6 Å². The van der Waals surface area contributed by atoms with Crippen LogP contribution in [0.25, 0.3) is 0 Å². The van der Waals surface area contributed by atoms with E-state index in [-0.39, 0.29) is 11.4 Å². The number of tetrazole rings is 1. The predicted octanol–water partition coefficient (Wildman–Crippen LogP) is -0.253. The molecule has 0 aromatic carbocycles. The van der Waals surface area contributed by atoms with Gasteiger partial charge in [-0.2, -0.15) is 0 Å². The number of carboxylic acids is 2. The van der Waals surface area contributed by atoms with Crippen molar-refractivity contribution >= 4 is 70.8 Å². The molecule has 0 saturated carbocycles. The highest BCUT2D eigenvalue weighted by molar-refractivity contribution is 8.39. The summed E-state index contributed by atoms with van der Waals surface area (Å²) in [6, 6.07) is 0. The molecule has 0 bridgehead atoms. The third kappa shape index (κ3) is 4.23. The zero-order chi connectivity index (χ0) is 23.9. The minimum Gasteiger partial charge on any atom is -0.478 e. The maximum Gasteiger partial charge on any atom is 0.352 e. The minimum atomic E-state index is -1.71. The number of ether oxygens (including phenoxy) is 1. The van der Waals surface area contributed by atoms with E-state index in [4.69, 9.17) is 9.84 Å². The number of amides is 2. The van der Waals surface area contributed by atoms with Gasteiger partial charge in [-0.3, -0.25) is 14.5 Å². The molecule has 1 aromatic rings. The SMILES string of the molecule is CO[C@@]1(NC(=O)C2SC(=CC(=O)O)S2)C(=O)N2C(C(=O)O)=C(CSc3nnnn3C)CSC21. The zero-order valence-electron chi connectivity index (χ0n) is 17.0. The van der Waals surface area contributed by atoms with Gasteiger partial charge < -0.3 is 20.3 Å². The molecule has 176 valence electrons. The van der Waals surface area contributed by atoms with Gasteiger partial charge in [0.15, 0.2) is 0 Å². The molecule has 2 amide bonds. The Kier molecular flexibility index (Phi) is 6.68. The fourth-order valence-electron chi connectivity index (χ4n) is 3.29. The first-order valence-corrected chi connectivity index (χ1v) is 12.9. The highest BCUT2D eigenvalue weighted by Crippen LogP contribution is 2.52. The molecule has 2 atom stereocenters. The molecule has 2 saturated heterocycles. The van der Waals surface area contributed by atoms with Gasteiger partial charge in [-0.1, -0.05) is 35.3 Å². The molecule has 33 heavy (non-hydrogen) atoms. The van der Waals surface area contributed by atoms with Crippen LogP contribution in [0, 0.1) is 0 Å². The van der Waals surface area contributed by atoms with Crippen LogP contribution in [0.5, 0.6) is 0 Å². The topological polar surface area (TPSA) is 177 Å². The van der Waals surface area contributed by atoms with Crippen molar-refractivity contribution in [2.24, 2.45) is 7.05 Å². The van der Waals surface area contributed by atoms with E-state index in [1.54, 1.807) is 7.05 Å². The summed E-state index contributed by atoms with van der Waals surface area (Å²) >= 11 is 4.64. The van der Waals surface area contributed by atoms with Crippen LogP contribution < -0.4 is 5.32 Å². The number of aromatic nitrogens is 4. The van der Waals surface area contributed by atoms with E-state index in [0.717, 1.165) is 34.5 Å². The Morgan fingerprint density at radius 2 is 2.09 bits per heavy atom. The average Bonchev–Trinajstić information content (AvgIpc) is 3.15. The number of hydrogen-bond acceptors (Lipinski definition) is 12. The molecule has 2 fully saturated rings. The van der Waals surface area contributed by atoms with E-state index in [2.05, 4.69) is 20.8 Å². The summed E-state index contributed by atoms with van der Waals surface area (Å²) < 4.78 is 6.70. The number of β-lactam (4-membered cyclic amide) rings is 1. The van der Waals surface area contributed by atoms with Crippen LogP contribution in [0.1, 0.15) is 0 Å². The largest absolute Gasteiger partial charge is 0.478 e. The lowest BCUT2D eigenvalue weighted by Gasteiger charge is -2.56. The number of aryl methyl sites for hydroxylation is 1. The Morgan fingerprint density at radius 1 is 1.36 bits per heavy atom. The lowest BCUT2D eigenvalue weighted by atomic mass is 9.98. The molecule has 0 spiro atoms. The third-order valence-electron chi connectivity index (χ3n) is 4.80. The maximum atomic E-state index is 13.1. The Bertz CT molecular complexity index is 1100. The van der Waals surface area contributed by atoms with Crippen molar-refractivity contribution < 1.29 is 34.1 Å². The molecule has 0 aliphatic carbocycles. The van der Waals surface area contributed by atoms with E-state index in [1.807, 2.05) is 0 Å². The fourth-order valence-corrected chi connectivity index (χ4v) is 7.73. The Balaban J connectivity index is 1.49. The maximum absolute atomic E-state index is 13.1. The van der Waals surface area contributed by atoms with Crippen molar-refractivity contribution in [1.29, 1.82) is 0 Å². The van der Waals surface area contributed by atoms with Crippen LogP contribution in [-0.4, -0.2) is 93.4 Å². The lowest BCUT2D eigenvalue weighted by Crippen LogP contribution is -2.81. The number of nitrogens with zero attached hydrogens (tertiary/aromatic N) is 5. The minimum absolute atomic E-state index is 0.146. The van der Waals surface area contributed by atoms with Gasteiger partial charge in [0.2, 0.25) is 11.1 Å². The van der Waals surface area contributed by atoms with Crippen LogP contribution in [0.4, 0.5) is 0 Å². The molecule has 17 heteroatoms. The monoisotopic (exact) mass is 532 g/mol. The molecule has 13 nitrogen and oxygen atoms in total. The number of nitrogens with one attached hydrogen (secondary N) is 1. The number of rotatable bonds is 8. The van der Waals surface area contributed by atoms with Crippen LogP contribution in [0.3, 0.4) is 0 Å². The van der Waals surface area contributed by atoms with Crippen LogP contribution in [0.15, 0.2) is 26.7 Å². The second kappa shape index (κ2) is 9.21. The van der Waals surface area contributed by atoms with Crippen LogP contribution in [-0.2, 0) is 31.0 Å². The number of methoxy groups -OCH3 is 1.